The molecule has 1 aromatic carbocycles. The first-order valence-corrected chi connectivity index (χ1v) is 9.05. The Kier molecular flexibility index (Phi) is 10.4. The highest BCUT2D eigenvalue weighted by Gasteiger charge is 2.18. The van der Waals surface area contributed by atoms with Gasteiger partial charge >= 0.3 is 0 Å². The van der Waals surface area contributed by atoms with Crippen LogP contribution in [0.5, 0.6) is 5.75 Å². The first-order valence-electron chi connectivity index (χ1n) is 9.05. The monoisotopic (exact) mass is 474 g/mol. The van der Waals surface area contributed by atoms with Crippen LogP contribution >= 0.6 is 24.0 Å². The van der Waals surface area contributed by atoms with Gasteiger partial charge in [0.25, 0.3) is 0 Å². The lowest BCUT2D eigenvalue weighted by atomic mass is 10.00. The summed E-state index contributed by atoms with van der Waals surface area (Å²) in [4.78, 5) is 18.8. The van der Waals surface area contributed by atoms with Crippen molar-refractivity contribution in [3.05, 3.63) is 29.8 Å². The van der Waals surface area contributed by atoms with Gasteiger partial charge in [-0.25, -0.2) is 4.99 Å². The van der Waals surface area contributed by atoms with E-state index in [1.807, 2.05) is 31.2 Å². The lowest BCUT2D eigenvalue weighted by Crippen LogP contribution is -2.45. The Morgan fingerprint density at radius 2 is 1.88 bits per heavy atom. The molecule has 2 N–H and O–H groups in total. The minimum absolute atomic E-state index is 0. The number of carbonyl (C=O) groups is 1. The SMILES string of the molecule is CCNC(=NCC(=O)NCc1ccc(OC)cc1)N1CCC(C)CC1.I. The van der Waals surface area contributed by atoms with Gasteiger partial charge in [0.15, 0.2) is 5.96 Å². The Hall–Kier alpha value is -1.51. The third-order valence-corrected chi connectivity index (χ3v) is 4.44. The molecule has 0 spiro atoms. The summed E-state index contributed by atoms with van der Waals surface area (Å²) in [5.74, 6) is 2.35. The molecule has 0 atom stereocenters. The van der Waals surface area contributed by atoms with Crippen molar-refractivity contribution in [2.75, 3.05) is 33.3 Å². The fourth-order valence-electron chi connectivity index (χ4n) is 2.79. The zero-order chi connectivity index (χ0) is 18.1. The summed E-state index contributed by atoms with van der Waals surface area (Å²) in [6.07, 6.45) is 2.35. The maximum atomic E-state index is 12.1. The molecule has 1 aromatic rings. The number of nitrogens with one attached hydrogen (secondary N) is 2. The van der Waals surface area contributed by atoms with E-state index in [9.17, 15) is 4.79 Å². The Labute approximate surface area is 173 Å². The zero-order valence-corrected chi connectivity index (χ0v) is 18.3. The molecule has 1 aliphatic heterocycles. The van der Waals surface area contributed by atoms with E-state index in [1.54, 1.807) is 7.11 Å². The summed E-state index contributed by atoms with van der Waals surface area (Å²) in [5, 5.41) is 6.20. The molecule has 0 saturated carbocycles. The number of rotatable bonds is 6. The Morgan fingerprint density at radius 3 is 2.46 bits per heavy atom. The topological polar surface area (TPSA) is 66.0 Å². The maximum absolute atomic E-state index is 12.1. The molecule has 26 heavy (non-hydrogen) atoms. The summed E-state index contributed by atoms with van der Waals surface area (Å²) in [5.41, 5.74) is 1.04. The molecule has 7 heteroatoms. The van der Waals surface area contributed by atoms with Gasteiger partial charge in [0.05, 0.1) is 7.11 Å². The molecule has 0 bridgehead atoms. The number of benzene rings is 1. The highest BCUT2D eigenvalue weighted by Crippen LogP contribution is 2.16. The molecule has 1 heterocycles. The largest absolute Gasteiger partial charge is 0.497 e. The van der Waals surface area contributed by atoms with Crippen molar-refractivity contribution < 1.29 is 9.53 Å². The Morgan fingerprint density at radius 1 is 1.23 bits per heavy atom. The van der Waals surface area contributed by atoms with Crippen molar-refractivity contribution in [1.82, 2.24) is 15.5 Å². The number of guanidine groups is 1. The predicted octanol–water partition coefficient (Wildman–Crippen LogP) is 2.63. The van der Waals surface area contributed by atoms with Gasteiger partial charge in [0.2, 0.25) is 5.91 Å². The number of amides is 1. The molecule has 146 valence electrons. The minimum atomic E-state index is -0.0726. The second-order valence-electron chi connectivity index (χ2n) is 6.46. The summed E-state index contributed by atoms with van der Waals surface area (Å²) < 4.78 is 5.13. The average molecular weight is 474 g/mol. The van der Waals surface area contributed by atoms with Crippen molar-refractivity contribution in [3.63, 3.8) is 0 Å². The van der Waals surface area contributed by atoms with E-state index in [-0.39, 0.29) is 36.4 Å². The van der Waals surface area contributed by atoms with Gasteiger partial charge in [-0.3, -0.25) is 4.79 Å². The van der Waals surface area contributed by atoms with Crippen LogP contribution in [0, 0.1) is 5.92 Å². The van der Waals surface area contributed by atoms with Gasteiger partial charge in [-0.1, -0.05) is 19.1 Å². The van der Waals surface area contributed by atoms with Crippen LogP contribution in [0.4, 0.5) is 0 Å². The molecule has 0 radical (unpaired) electrons. The molecule has 1 amide bonds. The summed E-state index contributed by atoms with van der Waals surface area (Å²) >= 11 is 0. The van der Waals surface area contributed by atoms with E-state index >= 15 is 0 Å². The molecule has 1 aliphatic rings. The normalized spacial score (nSPS) is 15.2. The smallest absolute Gasteiger partial charge is 0.242 e. The number of piperidine rings is 1. The first kappa shape index (κ1) is 22.5. The quantitative estimate of drug-likeness (QED) is 0.378. The van der Waals surface area contributed by atoms with Gasteiger partial charge in [0, 0.05) is 26.2 Å². The number of hydrogen-bond donors (Lipinski definition) is 2. The van der Waals surface area contributed by atoms with Crippen LogP contribution in [0.2, 0.25) is 0 Å². The van der Waals surface area contributed by atoms with Crippen LogP contribution < -0.4 is 15.4 Å². The second kappa shape index (κ2) is 12.0. The maximum Gasteiger partial charge on any atom is 0.242 e. The van der Waals surface area contributed by atoms with Gasteiger partial charge in [-0.15, -0.1) is 24.0 Å². The van der Waals surface area contributed by atoms with Crippen molar-refractivity contribution in [3.8, 4) is 5.75 Å². The summed E-state index contributed by atoms with van der Waals surface area (Å²) in [6.45, 7) is 7.78. The van der Waals surface area contributed by atoms with E-state index in [4.69, 9.17) is 4.74 Å². The number of carbonyl (C=O) groups excluding carboxylic acids is 1. The number of nitrogens with zero attached hydrogens (tertiary/aromatic N) is 2. The third-order valence-electron chi connectivity index (χ3n) is 4.44. The zero-order valence-electron chi connectivity index (χ0n) is 16.0. The third kappa shape index (κ3) is 7.39. The molecule has 0 aliphatic carbocycles. The summed E-state index contributed by atoms with van der Waals surface area (Å²) in [6, 6.07) is 7.67. The van der Waals surface area contributed by atoms with E-state index < -0.39 is 0 Å². The van der Waals surface area contributed by atoms with Crippen LogP contribution in [-0.2, 0) is 11.3 Å². The molecular formula is C19H31IN4O2. The highest BCUT2D eigenvalue weighted by molar-refractivity contribution is 14.0. The van der Waals surface area contributed by atoms with Crippen LogP contribution in [0.25, 0.3) is 0 Å². The molecule has 0 unspecified atom stereocenters. The molecule has 1 fully saturated rings. The number of likely N-dealkylation sites (tertiary alicyclic amines) is 1. The van der Waals surface area contributed by atoms with Crippen molar-refractivity contribution in [1.29, 1.82) is 0 Å². The lowest BCUT2D eigenvalue weighted by molar-refractivity contribution is -0.119. The van der Waals surface area contributed by atoms with Crippen LogP contribution in [0.3, 0.4) is 0 Å². The number of hydrogen-bond acceptors (Lipinski definition) is 3. The molecule has 6 nitrogen and oxygen atoms in total. The number of ether oxygens (including phenoxy) is 1. The first-order chi connectivity index (χ1) is 12.1. The standard InChI is InChI=1S/C19H30N4O2.HI/c1-4-20-19(23-11-9-15(2)10-12-23)22-14-18(24)21-13-16-5-7-17(25-3)8-6-16;/h5-8,15H,4,9-14H2,1-3H3,(H,20,22)(H,21,24);1H. The number of aliphatic imine (C=N–C) groups is 1. The van der Waals surface area contributed by atoms with Gasteiger partial charge in [-0.2, -0.15) is 0 Å². The van der Waals surface area contributed by atoms with Crippen molar-refractivity contribution >= 4 is 35.8 Å². The molecule has 0 aromatic heterocycles. The van der Waals surface area contributed by atoms with E-state index in [1.165, 1.54) is 12.8 Å². The van der Waals surface area contributed by atoms with Crippen molar-refractivity contribution in [2.24, 2.45) is 10.9 Å². The van der Waals surface area contributed by atoms with Gasteiger partial charge in [-0.05, 0) is 43.4 Å². The van der Waals surface area contributed by atoms with Crippen LogP contribution in [-0.4, -0.2) is 50.1 Å². The van der Waals surface area contributed by atoms with Gasteiger partial charge < -0.3 is 20.3 Å². The number of methoxy groups -OCH3 is 1. The average Bonchev–Trinajstić information content (AvgIpc) is 2.64. The number of halogens is 1. The molecule has 1 saturated heterocycles. The summed E-state index contributed by atoms with van der Waals surface area (Å²) in [7, 11) is 1.64. The molecule has 2 rings (SSSR count). The van der Waals surface area contributed by atoms with E-state index in [2.05, 4.69) is 27.4 Å². The Balaban J connectivity index is 0.00000338. The molecular weight excluding hydrogens is 443 g/mol. The second-order valence-corrected chi connectivity index (χ2v) is 6.46. The lowest BCUT2D eigenvalue weighted by Gasteiger charge is -2.32. The van der Waals surface area contributed by atoms with Crippen LogP contribution in [0.1, 0.15) is 32.3 Å². The van der Waals surface area contributed by atoms with Crippen molar-refractivity contribution in [2.45, 2.75) is 33.2 Å². The van der Waals surface area contributed by atoms with E-state index in [0.29, 0.717) is 6.54 Å². The Bertz CT molecular complexity index is 569. The highest BCUT2D eigenvalue weighted by atomic mass is 127. The van der Waals surface area contributed by atoms with E-state index in [0.717, 1.165) is 42.8 Å². The van der Waals surface area contributed by atoms with Gasteiger partial charge in [0.1, 0.15) is 12.3 Å². The fourth-order valence-corrected chi connectivity index (χ4v) is 2.79. The van der Waals surface area contributed by atoms with Crippen LogP contribution in [0.15, 0.2) is 29.3 Å². The minimum Gasteiger partial charge on any atom is -0.497 e. The fraction of sp³-hybridized carbons (Fsp3) is 0.579. The predicted molar refractivity (Wildman–Crippen MR) is 116 cm³/mol.